The zero-order valence-corrected chi connectivity index (χ0v) is 16.6. The molecule has 1 saturated heterocycles. The Kier molecular flexibility index (Phi) is 6.85. The van der Waals surface area contributed by atoms with Crippen molar-refractivity contribution in [1.29, 1.82) is 0 Å². The van der Waals surface area contributed by atoms with Crippen LogP contribution in [0.5, 0.6) is 0 Å². The number of aliphatic carboxylic acids is 1. The van der Waals surface area contributed by atoms with Gasteiger partial charge in [-0.15, -0.1) is 0 Å². The van der Waals surface area contributed by atoms with Crippen LogP contribution in [0.25, 0.3) is 0 Å². The maximum Gasteiger partial charge on any atom is 0.303 e. The highest BCUT2D eigenvalue weighted by atomic mass is 16.4. The lowest BCUT2D eigenvalue weighted by Gasteiger charge is -2.42. The van der Waals surface area contributed by atoms with Gasteiger partial charge in [-0.1, -0.05) is 64.8 Å². The molecule has 1 fully saturated rings. The lowest BCUT2D eigenvalue weighted by atomic mass is 9.85. The minimum absolute atomic E-state index is 0.142. The molecule has 1 aliphatic rings. The monoisotopic (exact) mass is 359 g/mol. The number of nitrogens with zero attached hydrogens (tertiary/aromatic N) is 1. The van der Waals surface area contributed by atoms with Gasteiger partial charge in [0.15, 0.2) is 0 Å². The van der Waals surface area contributed by atoms with Crippen molar-refractivity contribution in [3.63, 3.8) is 0 Å². The van der Waals surface area contributed by atoms with E-state index in [4.69, 9.17) is 5.11 Å². The number of carbonyl (C=O) groups excluding carboxylic acids is 1. The number of carbonyl (C=O) groups is 2. The lowest BCUT2D eigenvalue weighted by molar-refractivity contribution is -0.147. The van der Waals surface area contributed by atoms with Gasteiger partial charge in [-0.2, -0.15) is 0 Å². The van der Waals surface area contributed by atoms with Crippen molar-refractivity contribution < 1.29 is 14.7 Å². The quantitative estimate of drug-likeness (QED) is 0.502. The summed E-state index contributed by atoms with van der Waals surface area (Å²) in [6.45, 7) is 9.60. The van der Waals surface area contributed by atoms with E-state index in [0.717, 1.165) is 32.2 Å². The molecule has 0 saturated carbocycles. The molecule has 1 N–H and O–H groups in total. The molecule has 26 heavy (non-hydrogen) atoms. The number of hydrogen-bond donors (Lipinski definition) is 1. The number of rotatable bonds is 9. The first-order chi connectivity index (χ1) is 12.2. The molecule has 2 rings (SSSR count). The summed E-state index contributed by atoms with van der Waals surface area (Å²) in [5.74, 6) is -0.0300. The molecule has 0 radical (unpaired) electrons. The first-order valence-corrected chi connectivity index (χ1v) is 9.80. The predicted molar refractivity (Wildman–Crippen MR) is 104 cm³/mol. The number of amides is 1. The van der Waals surface area contributed by atoms with Crippen LogP contribution in [0.4, 0.5) is 0 Å². The van der Waals surface area contributed by atoms with Gasteiger partial charge in [0.1, 0.15) is 0 Å². The summed E-state index contributed by atoms with van der Waals surface area (Å²) in [6, 6.07) is 8.92. The average Bonchev–Trinajstić information content (AvgIpc) is 2.56. The van der Waals surface area contributed by atoms with Crippen LogP contribution in [0, 0.1) is 5.92 Å². The molecule has 4 nitrogen and oxygen atoms in total. The third-order valence-corrected chi connectivity index (χ3v) is 5.32. The molecule has 1 amide bonds. The van der Waals surface area contributed by atoms with Gasteiger partial charge in [-0.3, -0.25) is 9.59 Å². The van der Waals surface area contributed by atoms with E-state index < -0.39 is 5.97 Å². The Bertz CT molecular complexity index is 615. The molecular weight excluding hydrogens is 326 g/mol. The second-order valence-electron chi connectivity index (χ2n) is 8.74. The minimum Gasteiger partial charge on any atom is -0.481 e. The molecule has 1 aliphatic heterocycles. The molecule has 1 aromatic carbocycles. The maximum atomic E-state index is 12.1. The number of hydrogen-bond acceptors (Lipinski definition) is 2. The molecule has 1 aromatic rings. The Morgan fingerprint density at radius 2 is 1.85 bits per heavy atom. The first-order valence-electron chi connectivity index (χ1n) is 9.80. The normalized spacial score (nSPS) is 18.5. The molecule has 0 aliphatic carbocycles. The summed E-state index contributed by atoms with van der Waals surface area (Å²) in [6.07, 6.45) is 4.63. The van der Waals surface area contributed by atoms with Crippen LogP contribution >= 0.6 is 0 Å². The highest BCUT2D eigenvalue weighted by Gasteiger charge is 2.37. The van der Waals surface area contributed by atoms with Crippen LogP contribution in [0.3, 0.4) is 0 Å². The SMILES string of the molecule is C[C@H](CCCCCC(=O)O)CN1C(=O)C[C@@H]1c1ccc(C(C)(C)C)cc1. The summed E-state index contributed by atoms with van der Waals surface area (Å²) >= 11 is 0. The van der Waals surface area contributed by atoms with Gasteiger partial charge < -0.3 is 10.0 Å². The second-order valence-corrected chi connectivity index (χ2v) is 8.74. The van der Waals surface area contributed by atoms with Gasteiger partial charge in [0.25, 0.3) is 0 Å². The van der Waals surface area contributed by atoms with Crippen molar-refractivity contribution in [2.24, 2.45) is 5.92 Å². The fourth-order valence-corrected chi connectivity index (χ4v) is 3.56. The number of unbranched alkanes of at least 4 members (excludes halogenated alkanes) is 2. The van der Waals surface area contributed by atoms with E-state index in [9.17, 15) is 9.59 Å². The summed E-state index contributed by atoms with van der Waals surface area (Å²) in [5, 5.41) is 8.66. The van der Waals surface area contributed by atoms with E-state index in [2.05, 4.69) is 52.0 Å². The molecule has 0 aromatic heterocycles. The van der Waals surface area contributed by atoms with Crippen LogP contribution in [-0.2, 0) is 15.0 Å². The highest BCUT2D eigenvalue weighted by Crippen LogP contribution is 2.36. The van der Waals surface area contributed by atoms with Crippen LogP contribution < -0.4 is 0 Å². The van der Waals surface area contributed by atoms with Crippen molar-refractivity contribution in [3.05, 3.63) is 35.4 Å². The number of carboxylic acids is 1. The van der Waals surface area contributed by atoms with E-state index >= 15 is 0 Å². The number of benzene rings is 1. The van der Waals surface area contributed by atoms with Gasteiger partial charge >= 0.3 is 5.97 Å². The number of carboxylic acid groups (broad SMARTS) is 1. The van der Waals surface area contributed by atoms with Crippen LogP contribution in [-0.4, -0.2) is 28.4 Å². The third kappa shape index (κ3) is 5.58. The number of likely N-dealkylation sites (tertiary alicyclic amines) is 1. The zero-order chi connectivity index (χ0) is 19.3. The zero-order valence-electron chi connectivity index (χ0n) is 16.6. The molecule has 4 heteroatoms. The van der Waals surface area contributed by atoms with Gasteiger partial charge in [-0.05, 0) is 35.3 Å². The van der Waals surface area contributed by atoms with E-state index in [0.29, 0.717) is 12.3 Å². The van der Waals surface area contributed by atoms with E-state index in [1.165, 1.54) is 11.1 Å². The molecule has 2 atom stereocenters. The molecule has 0 spiro atoms. The van der Waals surface area contributed by atoms with E-state index in [1.807, 2.05) is 4.90 Å². The summed E-state index contributed by atoms with van der Waals surface area (Å²) < 4.78 is 0. The van der Waals surface area contributed by atoms with Crippen molar-refractivity contribution in [3.8, 4) is 0 Å². The third-order valence-electron chi connectivity index (χ3n) is 5.32. The fourth-order valence-electron chi connectivity index (χ4n) is 3.56. The topological polar surface area (TPSA) is 57.6 Å². The fraction of sp³-hybridized carbons (Fsp3) is 0.636. The van der Waals surface area contributed by atoms with Gasteiger partial charge in [0.05, 0.1) is 12.5 Å². The number of β-lactam (4-membered cyclic amide) rings is 1. The molecule has 0 bridgehead atoms. The van der Waals surface area contributed by atoms with Crippen LogP contribution in [0.2, 0.25) is 0 Å². The molecule has 144 valence electrons. The Hall–Kier alpha value is -1.84. The summed E-state index contributed by atoms with van der Waals surface area (Å²) in [5.41, 5.74) is 2.68. The van der Waals surface area contributed by atoms with Crippen LogP contribution in [0.1, 0.15) is 83.4 Å². The van der Waals surface area contributed by atoms with Crippen molar-refractivity contribution in [2.45, 2.75) is 77.7 Å². The standard InChI is InChI=1S/C22H33NO3/c1-16(8-6-5-7-9-21(25)26)15-23-19(14-20(23)24)17-10-12-18(13-11-17)22(2,3)4/h10-13,16,19H,5-9,14-15H2,1-4H3,(H,25,26)/t16-,19-/m1/s1. The second kappa shape index (κ2) is 8.70. The largest absolute Gasteiger partial charge is 0.481 e. The smallest absolute Gasteiger partial charge is 0.303 e. The highest BCUT2D eigenvalue weighted by molar-refractivity contribution is 5.83. The first kappa shape index (κ1) is 20.5. The van der Waals surface area contributed by atoms with Crippen LogP contribution in [0.15, 0.2) is 24.3 Å². The molecular formula is C22H33NO3. The predicted octanol–water partition coefficient (Wildman–Crippen LogP) is 4.93. The summed E-state index contributed by atoms with van der Waals surface area (Å²) in [7, 11) is 0. The van der Waals surface area contributed by atoms with Crippen molar-refractivity contribution in [1.82, 2.24) is 4.90 Å². The van der Waals surface area contributed by atoms with Gasteiger partial charge in [0, 0.05) is 13.0 Å². The molecule has 1 heterocycles. The lowest BCUT2D eigenvalue weighted by Crippen LogP contribution is -2.48. The van der Waals surface area contributed by atoms with Crippen molar-refractivity contribution in [2.75, 3.05) is 6.54 Å². The van der Waals surface area contributed by atoms with Crippen molar-refractivity contribution >= 4 is 11.9 Å². The van der Waals surface area contributed by atoms with E-state index in [-0.39, 0.29) is 23.8 Å². The average molecular weight is 360 g/mol. The van der Waals surface area contributed by atoms with Gasteiger partial charge in [0.2, 0.25) is 5.91 Å². The Labute approximate surface area is 157 Å². The molecule has 0 unspecified atom stereocenters. The van der Waals surface area contributed by atoms with E-state index in [1.54, 1.807) is 0 Å². The maximum absolute atomic E-state index is 12.1. The Morgan fingerprint density at radius 3 is 2.38 bits per heavy atom. The van der Waals surface area contributed by atoms with Gasteiger partial charge in [-0.25, -0.2) is 0 Å². The summed E-state index contributed by atoms with van der Waals surface area (Å²) in [4.78, 5) is 24.6. The Balaban J connectivity index is 1.83. The Morgan fingerprint density at radius 1 is 1.19 bits per heavy atom. The minimum atomic E-state index is -0.718.